The van der Waals surface area contributed by atoms with Gasteiger partial charge in [-0.1, -0.05) is 11.2 Å². The minimum Gasteiger partial charge on any atom is -0.382 e. The number of halogens is 3. The zero-order valence-electron chi connectivity index (χ0n) is 22.4. The van der Waals surface area contributed by atoms with Crippen molar-refractivity contribution in [2.45, 2.75) is 75.0 Å². The van der Waals surface area contributed by atoms with Crippen LogP contribution in [0.25, 0.3) is 11.0 Å². The maximum Gasteiger partial charge on any atom is 0.410 e. The predicted octanol–water partition coefficient (Wildman–Crippen LogP) is 3.51. The Balaban J connectivity index is 1.28. The zero-order chi connectivity index (χ0) is 28.9. The zero-order valence-corrected chi connectivity index (χ0v) is 22.4. The summed E-state index contributed by atoms with van der Waals surface area (Å²) in [5.41, 5.74) is 2.38. The number of urea groups is 1. The molecule has 2 saturated carbocycles. The van der Waals surface area contributed by atoms with E-state index < -0.39 is 48.9 Å². The van der Waals surface area contributed by atoms with Gasteiger partial charge < -0.3 is 30.0 Å². The number of carbonyl (C=O) groups excluding carboxylic acids is 2. The van der Waals surface area contributed by atoms with Crippen LogP contribution in [0.2, 0.25) is 0 Å². The topological polar surface area (TPSA) is 147 Å². The van der Waals surface area contributed by atoms with Crippen LogP contribution in [0.15, 0.2) is 22.8 Å². The second-order valence-electron chi connectivity index (χ2n) is 10.8. The summed E-state index contributed by atoms with van der Waals surface area (Å²) in [6.45, 7) is 1.30. The van der Waals surface area contributed by atoms with Gasteiger partial charge in [0.2, 0.25) is 0 Å². The predicted molar refractivity (Wildman–Crippen MR) is 136 cm³/mol. The Bertz CT molecular complexity index is 1430. The van der Waals surface area contributed by atoms with Crippen molar-refractivity contribution in [3.05, 3.63) is 41.0 Å². The Labute approximate surface area is 232 Å². The van der Waals surface area contributed by atoms with E-state index >= 15 is 0 Å². The second kappa shape index (κ2) is 10.6. The highest BCUT2D eigenvalue weighted by Gasteiger charge is 2.48. The minimum atomic E-state index is -4.57. The quantitative estimate of drug-likeness (QED) is 0.314. The summed E-state index contributed by atoms with van der Waals surface area (Å²) in [6.07, 6.45) is -1.18. The minimum absolute atomic E-state index is 0.00942. The van der Waals surface area contributed by atoms with Gasteiger partial charge in [0, 0.05) is 13.0 Å². The summed E-state index contributed by atoms with van der Waals surface area (Å²) >= 11 is 0. The number of aromatic nitrogens is 4. The number of nitrogens with zero attached hydrogens (tertiary/aromatic N) is 4. The van der Waals surface area contributed by atoms with Gasteiger partial charge in [-0.2, -0.15) is 13.2 Å². The first-order valence-corrected chi connectivity index (χ1v) is 13.5. The molecule has 3 aliphatic rings. The van der Waals surface area contributed by atoms with Gasteiger partial charge in [-0.05, 0) is 55.5 Å². The molecule has 2 aromatic heterocycles. The molecule has 0 radical (unpaired) electrons. The molecule has 0 bridgehead atoms. The number of fused-ring (bicyclic) bond motifs is 1. The molecular weight excluding hydrogens is 547 g/mol. The van der Waals surface area contributed by atoms with Gasteiger partial charge in [-0.25, -0.2) is 14.4 Å². The van der Waals surface area contributed by atoms with Crippen molar-refractivity contribution in [3.63, 3.8) is 0 Å². The SMILES string of the molecule is COC[C@H](c1ccc2nc([C@@H](NC(=O)c3nonc3C3CC3)[C@@H](C)OC3CC3)[nH]c2c1)N1C[C@@H](C(F)(F)F)NC1=O. The van der Waals surface area contributed by atoms with Crippen molar-refractivity contribution in [1.29, 1.82) is 0 Å². The van der Waals surface area contributed by atoms with E-state index in [1.54, 1.807) is 18.2 Å². The smallest absolute Gasteiger partial charge is 0.382 e. The first kappa shape index (κ1) is 27.4. The van der Waals surface area contributed by atoms with E-state index in [1.807, 2.05) is 12.2 Å². The van der Waals surface area contributed by atoms with Crippen LogP contribution in [0.3, 0.4) is 0 Å². The molecule has 0 spiro atoms. The van der Waals surface area contributed by atoms with Gasteiger partial charge in [0.25, 0.3) is 5.91 Å². The van der Waals surface area contributed by atoms with Crippen LogP contribution in [0.1, 0.15) is 78.2 Å². The number of nitrogens with one attached hydrogen (secondary N) is 3. The number of hydrogen-bond donors (Lipinski definition) is 3. The monoisotopic (exact) mass is 577 g/mol. The number of benzene rings is 1. The number of H-pyrrole nitrogens is 1. The van der Waals surface area contributed by atoms with E-state index in [9.17, 15) is 22.8 Å². The number of ether oxygens (including phenoxy) is 2. The standard InChI is InChI=1S/C26H30F3N7O5/c1-12(40-15-6-7-15)20(33-24(37)22-21(13-3-4-13)34-41-35-22)23-30-16-8-5-14(9-17(16)31-23)18(11-39-2)36-10-19(26(27,28)29)32-25(36)38/h5,8-9,12-13,15,18-20H,3-4,6-7,10-11H2,1-2H3,(H,30,31)(H,32,38)(H,33,37)/t12-,18-,19+,20+/m1/s1. The summed E-state index contributed by atoms with van der Waals surface area (Å²) in [7, 11) is 1.42. The fourth-order valence-corrected chi connectivity index (χ4v) is 5.12. The lowest BCUT2D eigenvalue weighted by atomic mass is 10.1. The van der Waals surface area contributed by atoms with Gasteiger partial charge in [-0.15, -0.1) is 0 Å². The molecule has 3 amide bonds. The van der Waals surface area contributed by atoms with E-state index in [4.69, 9.17) is 14.1 Å². The van der Waals surface area contributed by atoms with Crippen LogP contribution in [0.5, 0.6) is 0 Å². The second-order valence-corrected chi connectivity index (χ2v) is 10.8. The van der Waals surface area contributed by atoms with Crippen molar-refractivity contribution >= 4 is 23.0 Å². The third kappa shape index (κ3) is 5.73. The fourth-order valence-electron chi connectivity index (χ4n) is 5.12. The molecule has 4 atom stereocenters. The van der Waals surface area contributed by atoms with Gasteiger partial charge in [0.05, 0.1) is 42.4 Å². The molecule has 3 aromatic rings. The molecule has 1 aromatic carbocycles. The summed E-state index contributed by atoms with van der Waals surface area (Å²) < 4.78 is 56.1. The molecular formula is C26H30F3N7O5. The van der Waals surface area contributed by atoms with E-state index in [-0.39, 0.29) is 24.3 Å². The van der Waals surface area contributed by atoms with Crippen LogP contribution in [0, 0.1) is 0 Å². The molecule has 2 aliphatic carbocycles. The summed E-state index contributed by atoms with van der Waals surface area (Å²) in [4.78, 5) is 34.8. The molecule has 6 rings (SSSR count). The van der Waals surface area contributed by atoms with Crippen molar-refractivity contribution in [3.8, 4) is 0 Å². The molecule has 41 heavy (non-hydrogen) atoms. The number of amides is 3. The lowest BCUT2D eigenvalue weighted by Gasteiger charge is -2.27. The van der Waals surface area contributed by atoms with Gasteiger partial charge in [0.1, 0.15) is 23.6 Å². The maximum atomic E-state index is 13.3. The number of hydrogen-bond acceptors (Lipinski definition) is 8. The van der Waals surface area contributed by atoms with E-state index in [0.717, 1.165) is 30.6 Å². The third-order valence-electron chi connectivity index (χ3n) is 7.62. The lowest BCUT2D eigenvalue weighted by Crippen LogP contribution is -2.40. The molecule has 220 valence electrons. The molecule has 1 aliphatic heterocycles. The van der Waals surface area contributed by atoms with Crippen LogP contribution in [-0.4, -0.2) is 81.8 Å². The van der Waals surface area contributed by atoms with Crippen molar-refractivity contribution in [2.24, 2.45) is 0 Å². The van der Waals surface area contributed by atoms with E-state index in [0.29, 0.717) is 28.1 Å². The van der Waals surface area contributed by atoms with E-state index in [1.165, 1.54) is 7.11 Å². The van der Waals surface area contributed by atoms with Crippen LogP contribution >= 0.6 is 0 Å². The van der Waals surface area contributed by atoms with Crippen molar-refractivity contribution in [2.75, 3.05) is 20.3 Å². The Morgan fingerprint density at radius 1 is 1.24 bits per heavy atom. The highest BCUT2D eigenvalue weighted by molar-refractivity contribution is 5.93. The Morgan fingerprint density at radius 2 is 2.02 bits per heavy atom. The molecule has 1 saturated heterocycles. The van der Waals surface area contributed by atoms with Crippen LogP contribution in [0.4, 0.5) is 18.0 Å². The number of aromatic amines is 1. The number of imidazole rings is 1. The number of carbonyl (C=O) groups is 2. The van der Waals surface area contributed by atoms with Gasteiger partial charge >= 0.3 is 12.2 Å². The molecule has 3 fully saturated rings. The molecule has 3 N–H and O–H groups in total. The summed E-state index contributed by atoms with van der Waals surface area (Å²) in [5, 5.41) is 12.7. The first-order valence-electron chi connectivity index (χ1n) is 13.5. The number of methoxy groups -OCH3 is 1. The largest absolute Gasteiger partial charge is 0.410 e. The number of alkyl halides is 3. The average molecular weight is 578 g/mol. The molecule has 0 unspecified atom stereocenters. The number of rotatable bonds is 11. The third-order valence-corrected chi connectivity index (χ3v) is 7.62. The molecule has 15 heteroatoms. The average Bonchev–Trinajstić information content (AvgIpc) is 3.80. The molecule has 12 nitrogen and oxygen atoms in total. The fraction of sp³-hybridized carbons (Fsp3) is 0.577. The van der Waals surface area contributed by atoms with Crippen molar-refractivity contribution < 1.29 is 36.9 Å². The first-order chi connectivity index (χ1) is 19.6. The van der Waals surface area contributed by atoms with Gasteiger partial charge in [0.15, 0.2) is 5.69 Å². The molecule has 3 heterocycles. The van der Waals surface area contributed by atoms with Crippen molar-refractivity contribution in [1.82, 2.24) is 35.8 Å². The summed E-state index contributed by atoms with van der Waals surface area (Å²) in [6, 6.07) is 0.912. The van der Waals surface area contributed by atoms with Crippen LogP contribution < -0.4 is 10.6 Å². The Hall–Kier alpha value is -3.72. The van der Waals surface area contributed by atoms with Crippen LogP contribution in [-0.2, 0) is 9.47 Å². The van der Waals surface area contributed by atoms with E-state index in [2.05, 4.69) is 25.6 Å². The maximum absolute atomic E-state index is 13.3. The highest BCUT2D eigenvalue weighted by atomic mass is 19.4. The normalized spacial score (nSPS) is 21.6. The van der Waals surface area contributed by atoms with Gasteiger partial charge in [-0.3, -0.25) is 4.79 Å². The Kier molecular flexibility index (Phi) is 7.09. The highest BCUT2D eigenvalue weighted by Crippen LogP contribution is 2.40. The Morgan fingerprint density at radius 3 is 2.68 bits per heavy atom. The lowest BCUT2D eigenvalue weighted by molar-refractivity contribution is -0.150. The summed E-state index contributed by atoms with van der Waals surface area (Å²) in [5.74, 6) is 0.140.